The first-order chi connectivity index (χ1) is 15.9. The number of fused-ring (bicyclic) bond motifs is 2. The molecule has 0 spiro atoms. The van der Waals surface area contributed by atoms with E-state index in [1.54, 1.807) is 16.3 Å². The number of aromatic nitrogens is 6. The molecule has 4 aromatic rings. The number of piperidine rings is 1. The summed E-state index contributed by atoms with van der Waals surface area (Å²) in [6.45, 7) is 2.80. The summed E-state index contributed by atoms with van der Waals surface area (Å²) in [5.74, 6) is 0.688. The molecule has 4 heterocycles. The van der Waals surface area contributed by atoms with Crippen LogP contribution in [0.1, 0.15) is 13.3 Å². The van der Waals surface area contributed by atoms with Crippen LogP contribution in [0.2, 0.25) is 0 Å². The first-order valence-corrected chi connectivity index (χ1v) is 10.9. The predicted molar refractivity (Wildman–Crippen MR) is 121 cm³/mol. The molecule has 0 radical (unpaired) electrons. The number of rotatable bonds is 6. The first kappa shape index (κ1) is 21.5. The van der Waals surface area contributed by atoms with Gasteiger partial charge in [-0.25, -0.2) is 18.0 Å². The molecule has 0 unspecified atom stereocenters. The van der Waals surface area contributed by atoms with Gasteiger partial charge < -0.3 is 15.0 Å². The third-order valence-corrected chi connectivity index (χ3v) is 5.98. The van der Waals surface area contributed by atoms with Gasteiger partial charge in [-0.15, -0.1) is 10.2 Å². The Kier molecular flexibility index (Phi) is 5.57. The second-order valence-corrected chi connectivity index (χ2v) is 8.54. The number of ether oxygens (including phenoxy) is 1. The van der Waals surface area contributed by atoms with Crippen LogP contribution in [-0.4, -0.2) is 80.1 Å². The largest absolute Gasteiger partial charge is 0.479 e. The van der Waals surface area contributed by atoms with Crippen LogP contribution >= 0.6 is 0 Å². The second kappa shape index (κ2) is 8.54. The van der Waals surface area contributed by atoms with Crippen molar-refractivity contribution in [1.82, 2.24) is 34.5 Å². The van der Waals surface area contributed by atoms with Crippen molar-refractivity contribution < 1.29 is 13.5 Å². The maximum atomic E-state index is 14.5. The zero-order valence-corrected chi connectivity index (χ0v) is 18.7. The normalized spacial score (nSPS) is 20.4. The van der Waals surface area contributed by atoms with Gasteiger partial charge in [-0.2, -0.15) is 4.98 Å². The molecule has 0 saturated carbocycles. The molecule has 1 aliphatic rings. The van der Waals surface area contributed by atoms with Gasteiger partial charge in [0.1, 0.15) is 23.4 Å². The molecule has 5 rings (SSSR count). The molecule has 1 aromatic carbocycles. The van der Waals surface area contributed by atoms with E-state index in [1.807, 2.05) is 42.4 Å². The number of nitrogens with one attached hydrogen (secondary N) is 1. The number of benzene rings is 1. The third-order valence-electron chi connectivity index (χ3n) is 5.98. The SMILES string of the molecule is COc1nc(N[C@H]2CCN(C)C[C@H]2F)nn2ccc(-c3ccc4nnn(C[C@@H](C)F)c4c3)c12. The molecule has 11 heteroatoms. The number of methoxy groups -OCH3 is 1. The third kappa shape index (κ3) is 4.08. The van der Waals surface area contributed by atoms with Crippen LogP contribution in [0.25, 0.3) is 27.7 Å². The van der Waals surface area contributed by atoms with Crippen molar-refractivity contribution in [3.8, 4) is 17.0 Å². The Morgan fingerprint density at radius 3 is 2.91 bits per heavy atom. The standard InChI is InChI=1S/C22H26F2N8O/c1-13(23)11-32-19-10-14(4-5-18(19)27-29-32)15-6-9-31-20(15)21(33-3)26-22(28-31)25-17-7-8-30(2)12-16(17)24/h4-6,9-10,13,16-17H,7-8,11-12H2,1-3H3,(H,25,28)/t13-,16-,17+/m1/s1. The fourth-order valence-corrected chi connectivity index (χ4v) is 4.32. The maximum Gasteiger partial charge on any atom is 0.244 e. The van der Waals surface area contributed by atoms with Crippen molar-refractivity contribution in [2.24, 2.45) is 0 Å². The zero-order valence-electron chi connectivity index (χ0n) is 18.7. The van der Waals surface area contributed by atoms with Gasteiger partial charge in [-0.3, -0.25) is 0 Å². The first-order valence-electron chi connectivity index (χ1n) is 10.9. The Labute approximate surface area is 189 Å². The fraction of sp³-hybridized carbons (Fsp3) is 0.455. The molecule has 9 nitrogen and oxygen atoms in total. The predicted octanol–water partition coefficient (Wildman–Crippen LogP) is 2.96. The van der Waals surface area contributed by atoms with E-state index in [1.165, 1.54) is 6.92 Å². The summed E-state index contributed by atoms with van der Waals surface area (Å²) in [7, 11) is 3.45. The minimum atomic E-state index is -1.04. The van der Waals surface area contributed by atoms with Crippen LogP contribution in [0.5, 0.6) is 5.88 Å². The molecule has 1 aliphatic heterocycles. The van der Waals surface area contributed by atoms with Crippen molar-refractivity contribution in [3.05, 3.63) is 30.5 Å². The molecule has 174 valence electrons. The summed E-state index contributed by atoms with van der Waals surface area (Å²) >= 11 is 0. The molecule has 0 aliphatic carbocycles. The summed E-state index contributed by atoms with van der Waals surface area (Å²) in [6.07, 6.45) is 0.427. The van der Waals surface area contributed by atoms with Crippen molar-refractivity contribution >= 4 is 22.5 Å². The Hall–Kier alpha value is -3.34. The molecule has 0 amide bonds. The zero-order chi connectivity index (χ0) is 23.1. The van der Waals surface area contributed by atoms with Crippen LogP contribution < -0.4 is 10.1 Å². The lowest BCUT2D eigenvalue weighted by molar-refractivity contribution is 0.149. The monoisotopic (exact) mass is 456 g/mol. The van der Waals surface area contributed by atoms with E-state index in [2.05, 4.69) is 25.7 Å². The van der Waals surface area contributed by atoms with Gasteiger partial charge in [0.25, 0.3) is 0 Å². The highest BCUT2D eigenvalue weighted by Crippen LogP contribution is 2.33. The second-order valence-electron chi connectivity index (χ2n) is 8.54. The lowest BCUT2D eigenvalue weighted by atomic mass is 10.0. The van der Waals surface area contributed by atoms with Gasteiger partial charge in [0.05, 0.1) is 25.2 Å². The van der Waals surface area contributed by atoms with Crippen molar-refractivity contribution in [1.29, 1.82) is 0 Å². The Morgan fingerprint density at radius 2 is 2.15 bits per heavy atom. The van der Waals surface area contributed by atoms with E-state index in [0.717, 1.165) is 23.2 Å². The average molecular weight is 457 g/mol. The van der Waals surface area contributed by atoms with E-state index in [0.29, 0.717) is 35.8 Å². The molecular formula is C22H26F2N8O. The van der Waals surface area contributed by atoms with Crippen LogP contribution in [0.15, 0.2) is 30.5 Å². The van der Waals surface area contributed by atoms with Crippen molar-refractivity contribution in [3.63, 3.8) is 0 Å². The Morgan fingerprint density at radius 1 is 1.30 bits per heavy atom. The number of alkyl halides is 2. The fourth-order valence-electron chi connectivity index (χ4n) is 4.32. The van der Waals surface area contributed by atoms with E-state index < -0.39 is 12.3 Å². The Bertz CT molecular complexity index is 1290. The van der Waals surface area contributed by atoms with Gasteiger partial charge in [0.2, 0.25) is 11.8 Å². The van der Waals surface area contributed by atoms with Gasteiger partial charge >= 0.3 is 0 Å². The smallest absolute Gasteiger partial charge is 0.244 e. The lowest BCUT2D eigenvalue weighted by Gasteiger charge is -2.32. The minimum absolute atomic E-state index is 0.129. The summed E-state index contributed by atoms with van der Waals surface area (Å²) in [5, 5.41) is 15.9. The van der Waals surface area contributed by atoms with Crippen molar-refractivity contribution in [2.45, 2.75) is 38.3 Å². The molecule has 1 N–H and O–H groups in total. The van der Waals surface area contributed by atoms with E-state index in [-0.39, 0.29) is 12.6 Å². The summed E-state index contributed by atoms with van der Waals surface area (Å²) in [6, 6.07) is 7.26. The summed E-state index contributed by atoms with van der Waals surface area (Å²) in [5.41, 5.74) is 3.84. The molecular weight excluding hydrogens is 430 g/mol. The summed E-state index contributed by atoms with van der Waals surface area (Å²) < 4.78 is 36.9. The molecule has 1 saturated heterocycles. The van der Waals surface area contributed by atoms with E-state index in [4.69, 9.17) is 4.74 Å². The highest BCUT2D eigenvalue weighted by molar-refractivity contribution is 5.89. The van der Waals surface area contributed by atoms with Crippen LogP contribution in [0.4, 0.5) is 14.7 Å². The van der Waals surface area contributed by atoms with E-state index in [9.17, 15) is 8.78 Å². The quantitative estimate of drug-likeness (QED) is 0.477. The highest BCUT2D eigenvalue weighted by atomic mass is 19.1. The van der Waals surface area contributed by atoms with Gasteiger partial charge in [0.15, 0.2) is 0 Å². The van der Waals surface area contributed by atoms with Crippen LogP contribution in [0.3, 0.4) is 0 Å². The van der Waals surface area contributed by atoms with Crippen LogP contribution in [-0.2, 0) is 6.54 Å². The number of nitrogens with zero attached hydrogens (tertiary/aromatic N) is 7. The van der Waals surface area contributed by atoms with Gasteiger partial charge in [0, 0.05) is 24.8 Å². The molecule has 0 bridgehead atoms. The highest BCUT2D eigenvalue weighted by Gasteiger charge is 2.28. The number of hydrogen-bond acceptors (Lipinski definition) is 7. The average Bonchev–Trinajstić information content (AvgIpc) is 3.39. The lowest BCUT2D eigenvalue weighted by Crippen LogP contribution is -2.46. The van der Waals surface area contributed by atoms with Gasteiger partial charge in [-0.1, -0.05) is 11.3 Å². The molecule has 3 aromatic heterocycles. The number of halogens is 2. The van der Waals surface area contributed by atoms with Gasteiger partial charge in [-0.05, 0) is 44.2 Å². The summed E-state index contributed by atoms with van der Waals surface area (Å²) in [4.78, 5) is 6.48. The molecule has 1 fully saturated rings. The topological polar surface area (TPSA) is 85.4 Å². The minimum Gasteiger partial charge on any atom is -0.479 e. The number of likely N-dealkylation sites (tertiary alicyclic amines) is 1. The maximum absolute atomic E-state index is 14.5. The number of anilines is 1. The van der Waals surface area contributed by atoms with Crippen molar-refractivity contribution in [2.75, 3.05) is 32.6 Å². The van der Waals surface area contributed by atoms with Crippen LogP contribution in [0, 0.1) is 0 Å². The molecule has 33 heavy (non-hydrogen) atoms. The van der Waals surface area contributed by atoms with E-state index >= 15 is 0 Å². The number of hydrogen-bond donors (Lipinski definition) is 1. The molecule has 3 atom stereocenters. The Balaban J connectivity index is 1.51.